The summed E-state index contributed by atoms with van der Waals surface area (Å²) in [5.41, 5.74) is -1.40. The van der Waals surface area contributed by atoms with Crippen LogP contribution in [0.4, 0.5) is 23.2 Å². The number of alkyl halides is 3. The highest BCUT2D eigenvalue weighted by atomic mass is 79.9. The normalized spacial score (nSPS) is 12.2. The van der Waals surface area contributed by atoms with Gasteiger partial charge >= 0.3 is 6.18 Å². The molecule has 1 N–H and O–H groups in total. The smallest absolute Gasteiger partial charge is 0.271 e. The van der Waals surface area contributed by atoms with Crippen LogP contribution >= 0.6 is 27.7 Å². The second kappa shape index (κ2) is 6.25. The molecule has 1 aromatic carbocycles. The Morgan fingerprint density at radius 1 is 1.47 bits per heavy atom. The quantitative estimate of drug-likeness (QED) is 0.272. The van der Waals surface area contributed by atoms with Gasteiger partial charge in [-0.2, -0.15) is 18.4 Å². The summed E-state index contributed by atoms with van der Waals surface area (Å²) >= 11 is 3.83. The van der Waals surface area contributed by atoms with E-state index < -0.39 is 17.6 Å². The maximum Gasteiger partial charge on any atom is 0.416 e. The molecular weight excluding hydrogens is 350 g/mol. The van der Waals surface area contributed by atoms with Crippen molar-refractivity contribution in [1.29, 1.82) is 5.26 Å². The molecule has 0 aromatic heterocycles. The molecule has 3 nitrogen and oxygen atoms in total. The molecule has 0 aliphatic heterocycles. The molecular formula is C10H6BrF4N3S. The van der Waals surface area contributed by atoms with Gasteiger partial charge in [0, 0.05) is 0 Å². The number of benzene rings is 1. The maximum atomic E-state index is 13.4. The Morgan fingerprint density at radius 2 is 2.11 bits per heavy atom. The van der Waals surface area contributed by atoms with E-state index >= 15 is 0 Å². The summed E-state index contributed by atoms with van der Waals surface area (Å²) in [4.78, 5) is 3.76. The van der Waals surface area contributed by atoms with Crippen LogP contribution in [-0.2, 0) is 6.18 Å². The van der Waals surface area contributed by atoms with Gasteiger partial charge in [-0.3, -0.25) is 5.32 Å². The first kappa shape index (κ1) is 15.8. The van der Waals surface area contributed by atoms with Gasteiger partial charge in [-0.05, 0) is 34.3 Å². The van der Waals surface area contributed by atoms with Crippen molar-refractivity contribution in [3.63, 3.8) is 0 Å². The third-order valence-electron chi connectivity index (χ3n) is 1.91. The number of nitrogens with one attached hydrogen (secondary N) is 1. The maximum absolute atomic E-state index is 13.4. The molecule has 9 heteroatoms. The Hall–Kier alpha value is -1.27. The first-order valence-corrected chi connectivity index (χ1v) is 6.65. The number of thioether (sulfide) groups is 1. The lowest BCUT2D eigenvalue weighted by molar-refractivity contribution is -0.137. The van der Waals surface area contributed by atoms with Gasteiger partial charge < -0.3 is 0 Å². The highest BCUT2D eigenvalue weighted by molar-refractivity contribution is 9.10. The number of aliphatic imine (C=N–C) groups is 1. The SMILES string of the molecule is CSC(=Nc1cc(C(F)(F)F)cc(F)c1Br)NC#N. The Labute approximate surface area is 118 Å². The fourth-order valence-corrected chi connectivity index (χ4v) is 1.76. The van der Waals surface area contributed by atoms with Gasteiger partial charge in [0.05, 0.1) is 15.7 Å². The molecule has 0 heterocycles. The van der Waals surface area contributed by atoms with Gasteiger partial charge in [0.15, 0.2) is 11.4 Å². The van der Waals surface area contributed by atoms with Crippen molar-refractivity contribution in [2.24, 2.45) is 4.99 Å². The molecule has 0 spiro atoms. The number of hydrogen-bond acceptors (Lipinski definition) is 3. The lowest BCUT2D eigenvalue weighted by atomic mass is 10.2. The molecule has 19 heavy (non-hydrogen) atoms. The van der Waals surface area contributed by atoms with Gasteiger partial charge in [-0.1, -0.05) is 11.8 Å². The topological polar surface area (TPSA) is 48.2 Å². The summed E-state index contributed by atoms with van der Waals surface area (Å²) in [6.45, 7) is 0. The van der Waals surface area contributed by atoms with Gasteiger partial charge in [-0.25, -0.2) is 9.38 Å². The lowest BCUT2D eigenvalue weighted by Crippen LogP contribution is -2.12. The van der Waals surface area contributed by atoms with E-state index in [9.17, 15) is 17.6 Å². The zero-order valence-corrected chi connectivity index (χ0v) is 11.7. The molecule has 0 amide bonds. The van der Waals surface area contributed by atoms with Crippen molar-refractivity contribution < 1.29 is 17.6 Å². The minimum atomic E-state index is -4.67. The van der Waals surface area contributed by atoms with E-state index in [1.807, 2.05) is 0 Å². The third-order valence-corrected chi connectivity index (χ3v) is 3.28. The van der Waals surface area contributed by atoms with Crippen molar-refractivity contribution >= 4 is 38.5 Å². The predicted molar refractivity (Wildman–Crippen MR) is 68.5 cm³/mol. The van der Waals surface area contributed by atoms with Crippen LogP contribution in [0.2, 0.25) is 0 Å². The average Bonchev–Trinajstić information content (AvgIpc) is 2.32. The minimum Gasteiger partial charge on any atom is -0.271 e. The summed E-state index contributed by atoms with van der Waals surface area (Å²) in [6, 6.07) is 1.07. The standard InChI is InChI=1S/C10H6BrF4N3S/c1-19-9(17-4-16)18-7-3-5(10(13,14)15)2-6(12)8(7)11/h2-3H,1H3,(H,17,18). The fraction of sp³-hybridized carbons (Fsp3) is 0.200. The molecule has 0 atom stereocenters. The summed E-state index contributed by atoms with van der Waals surface area (Å²) in [7, 11) is 0. The van der Waals surface area contributed by atoms with Crippen molar-refractivity contribution in [2.75, 3.05) is 6.26 Å². The van der Waals surface area contributed by atoms with Crippen LogP contribution in [0.1, 0.15) is 5.56 Å². The predicted octanol–water partition coefficient (Wildman–Crippen LogP) is 4.03. The third kappa shape index (κ3) is 4.11. The zero-order chi connectivity index (χ0) is 14.6. The Morgan fingerprint density at radius 3 is 2.58 bits per heavy atom. The second-order valence-electron chi connectivity index (χ2n) is 3.15. The van der Waals surface area contributed by atoms with E-state index in [0.717, 1.165) is 11.8 Å². The first-order valence-electron chi connectivity index (χ1n) is 4.63. The van der Waals surface area contributed by atoms with Gasteiger partial charge in [0.2, 0.25) is 0 Å². The van der Waals surface area contributed by atoms with Crippen molar-refractivity contribution in [1.82, 2.24) is 5.32 Å². The number of amidine groups is 1. The number of halogens is 5. The molecule has 0 unspecified atom stereocenters. The zero-order valence-electron chi connectivity index (χ0n) is 9.35. The molecule has 1 aromatic rings. The van der Waals surface area contributed by atoms with Crippen molar-refractivity contribution in [3.05, 3.63) is 28.0 Å². The second-order valence-corrected chi connectivity index (χ2v) is 4.73. The molecule has 0 fully saturated rings. The van der Waals surface area contributed by atoms with Crippen LogP contribution in [0, 0.1) is 17.3 Å². The minimum absolute atomic E-state index is 0.0573. The molecule has 0 aliphatic rings. The number of hydrogen-bond donors (Lipinski definition) is 1. The summed E-state index contributed by atoms with van der Waals surface area (Å²) in [6.07, 6.45) is -1.52. The Kier molecular flexibility index (Phi) is 5.20. The van der Waals surface area contributed by atoms with Gasteiger partial charge in [-0.15, -0.1) is 0 Å². The highest BCUT2D eigenvalue weighted by Crippen LogP contribution is 2.37. The molecule has 0 saturated carbocycles. The summed E-state index contributed by atoms with van der Waals surface area (Å²) in [5, 5.41) is 10.7. The fourth-order valence-electron chi connectivity index (χ4n) is 1.10. The van der Waals surface area contributed by atoms with E-state index in [0.29, 0.717) is 12.1 Å². The molecule has 0 aliphatic carbocycles. The Bertz CT molecular complexity index is 551. The monoisotopic (exact) mass is 355 g/mol. The van der Waals surface area contributed by atoms with E-state index in [1.165, 1.54) is 0 Å². The van der Waals surface area contributed by atoms with Crippen molar-refractivity contribution in [2.45, 2.75) is 6.18 Å². The van der Waals surface area contributed by atoms with E-state index in [1.54, 1.807) is 12.4 Å². The molecule has 0 bridgehead atoms. The first-order chi connectivity index (χ1) is 8.79. The van der Waals surface area contributed by atoms with Crippen LogP contribution in [0.3, 0.4) is 0 Å². The van der Waals surface area contributed by atoms with Crippen LogP contribution in [0.15, 0.2) is 21.6 Å². The molecule has 102 valence electrons. The lowest BCUT2D eigenvalue weighted by Gasteiger charge is -2.10. The van der Waals surface area contributed by atoms with E-state index in [-0.39, 0.29) is 15.3 Å². The van der Waals surface area contributed by atoms with Crippen LogP contribution in [0.5, 0.6) is 0 Å². The summed E-state index contributed by atoms with van der Waals surface area (Å²) < 4.78 is 50.8. The summed E-state index contributed by atoms with van der Waals surface area (Å²) in [5.74, 6) is -1.08. The van der Waals surface area contributed by atoms with Crippen LogP contribution in [0.25, 0.3) is 0 Å². The molecule has 0 radical (unpaired) electrons. The van der Waals surface area contributed by atoms with Gasteiger partial charge in [0.25, 0.3) is 0 Å². The van der Waals surface area contributed by atoms with E-state index in [2.05, 4.69) is 26.2 Å². The molecule has 1 rings (SSSR count). The van der Waals surface area contributed by atoms with Crippen LogP contribution in [-0.4, -0.2) is 11.4 Å². The Balaban J connectivity index is 3.35. The van der Waals surface area contributed by atoms with E-state index in [4.69, 9.17) is 5.26 Å². The number of nitrogens with zero attached hydrogens (tertiary/aromatic N) is 2. The van der Waals surface area contributed by atoms with Crippen molar-refractivity contribution in [3.8, 4) is 6.19 Å². The van der Waals surface area contributed by atoms with Crippen LogP contribution < -0.4 is 5.32 Å². The largest absolute Gasteiger partial charge is 0.416 e. The molecule has 0 saturated heterocycles. The number of rotatable bonds is 1. The average molecular weight is 356 g/mol. The number of nitriles is 1. The highest BCUT2D eigenvalue weighted by Gasteiger charge is 2.32. The van der Waals surface area contributed by atoms with Gasteiger partial charge in [0.1, 0.15) is 5.82 Å².